The molecule has 4 aliphatic heterocycles. The van der Waals surface area contributed by atoms with Crippen LogP contribution in [0.1, 0.15) is 79.7 Å². The predicted molar refractivity (Wildman–Crippen MR) is 333 cm³/mol. The van der Waals surface area contributed by atoms with Crippen molar-refractivity contribution < 1.29 is 70.0 Å². The Labute approximate surface area is 529 Å². The number of hydrogen-bond acceptors (Lipinski definition) is 18. The second-order valence-corrected chi connectivity index (χ2v) is 26.3. The van der Waals surface area contributed by atoms with E-state index in [1.807, 2.05) is 64.1 Å². The molecule has 0 radical (unpaired) electrons. The molecule has 28 heteroatoms. The largest absolute Gasteiger partial charge is 0.480 e. The first kappa shape index (κ1) is 66.1. The Bertz CT molecular complexity index is 3710. The molecule has 4 saturated heterocycles. The minimum absolute atomic E-state index is 0.0168. The topological polar surface area (TPSA) is 281 Å². The Hall–Kier alpha value is -7.86. The molecular weight excluding hydrogens is 1220 g/mol. The van der Waals surface area contributed by atoms with Gasteiger partial charge in [-0.2, -0.15) is 4.41 Å². The number of fused-ring (bicyclic) bond motifs is 1. The molecule has 5 atom stereocenters. The van der Waals surface area contributed by atoms with E-state index in [4.69, 9.17) is 14.6 Å². The van der Waals surface area contributed by atoms with Crippen LogP contribution in [0, 0.1) is 29.9 Å². The first-order valence-corrected chi connectivity index (χ1v) is 32.2. The van der Waals surface area contributed by atoms with Crippen molar-refractivity contribution >= 4 is 80.1 Å². The minimum Gasteiger partial charge on any atom is -0.480 e. The van der Waals surface area contributed by atoms with Crippen molar-refractivity contribution in [3.05, 3.63) is 119 Å². The van der Waals surface area contributed by atoms with Gasteiger partial charge in [-0.3, -0.25) is 29.0 Å². The van der Waals surface area contributed by atoms with Crippen LogP contribution in [0.15, 0.2) is 84.6 Å². The van der Waals surface area contributed by atoms with E-state index in [-0.39, 0.29) is 57.1 Å². The number of piperidine rings is 1. The van der Waals surface area contributed by atoms with Crippen molar-refractivity contribution in [1.82, 2.24) is 45.3 Å². The average Bonchev–Trinajstić information content (AvgIpc) is 1.76. The maximum absolute atomic E-state index is 16.1. The molecule has 0 aliphatic carbocycles. The minimum atomic E-state index is -3.51. The number of aryl methyl sites for hydroxylation is 1. The van der Waals surface area contributed by atoms with Gasteiger partial charge in [-0.25, -0.2) is 46.2 Å². The van der Waals surface area contributed by atoms with E-state index in [0.717, 1.165) is 90.1 Å². The summed E-state index contributed by atoms with van der Waals surface area (Å²) in [5.74, 6) is -6.80. The van der Waals surface area contributed by atoms with Gasteiger partial charge in [0.25, 0.3) is 0 Å². The highest BCUT2D eigenvalue weighted by atomic mass is 32.2. The number of aliphatic hydroxyl groups is 1. The highest BCUT2D eigenvalue weighted by molar-refractivity contribution is 7.73. The number of amides is 3. The van der Waals surface area contributed by atoms with Gasteiger partial charge >= 0.3 is 11.9 Å². The summed E-state index contributed by atoms with van der Waals surface area (Å²) in [6.07, 6.45) is 2.25. The Kier molecular flexibility index (Phi) is 20.9. The number of halogens is 3. The highest BCUT2D eigenvalue weighted by Gasteiger charge is 2.45. The third kappa shape index (κ3) is 15.7. The lowest BCUT2D eigenvalue weighted by Gasteiger charge is -2.40. The number of hydrogen-bond donors (Lipinski definition) is 6. The summed E-state index contributed by atoms with van der Waals surface area (Å²) in [4.78, 5) is 101. The molecule has 23 nitrogen and oxygen atoms in total. The van der Waals surface area contributed by atoms with Crippen LogP contribution in [-0.4, -0.2) is 205 Å². The van der Waals surface area contributed by atoms with Gasteiger partial charge in [0.05, 0.1) is 46.9 Å². The van der Waals surface area contributed by atoms with E-state index < -0.39 is 112 Å². The van der Waals surface area contributed by atoms with Crippen LogP contribution < -0.4 is 19.9 Å². The molecule has 91 heavy (non-hydrogen) atoms. The summed E-state index contributed by atoms with van der Waals surface area (Å²) in [7, 11) is -3.51. The quantitative estimate of drug-likeness (QED) is 0.0270. The van der Waals surface area contributed by atoms with Crippen LogP contribution in [0.4, 0.5) is 24.5 Å². The van der Waals surface area contributed by atoms with Gasteiger partial charge in [-0.1, -0.05) is 57.2 Å². The molecule has 4 fully saturated rings. The smallest absolute Gasteiger partial charge is 0.332 e. The number of alkyl halides is 1. The number of ether oxygens (including phenoxy) is 2. The monoisotopic (exact) mass is 1300 g/mol. The molecular formula is C63H74F3N11O12S2. The third-order valence-corrected chi connectivity index (χ3v) is 18.9. The lowest BCUT2D eigenvalue weighted by molar-refractivity contribution is -0.154. The number of esters is 1. The molecule has 3 aromatic carbocycles. The lowest BCUT2D eigenvalue weighted by Crippen LogP contribution is -2.59. The molecule has 7 heterocycles. The molecule has 3 aromatic heterocycles. The maximum atomic E-state index is 16.1. The Morgan fingerprint density at radius 3 is 2.22 bits per heavy atom. The number of carboxylic acids is 1. The van der Waals surface area contributed by atoms with Crippen LogP contribution in [0.2, 0.25) is 0 Å². The number of H-pyrrole nitrogens is 1. The molecule has 6 aromatic rings. The molecule has 0 unspecified atom stereocenters. The van der Waals surface area contributed by atoms with E-state index in [1.54, 1.807) is 29.9 Å². The third-order valence-electron chi connectivity index (χ3n) is 17.1. The number of aliphatic hydroxyl groups excluding tert-OH is 1. The molecule has 4 aliphatic rings. The van der Waals surface area contributed by atoms with E-state index in [1.165, 1.54) is 22.4 Å². The number of aromatic amines is 1. The molecule has 0 saturated carbocycles. The second kappa shape index (κ2) is 28.8. The Morgan fingerprint density at radius 2 is 1.57 bits per heavy atom. The predicted octanol–water partition coefficient (Wildman–Crippen LogP) is 5.29. The summed E-state index contributed by atoms with van der Waals surface area (Å²) in [5.41, 5.74) is 4.35. The van der Waals surface area contributed by atoms with Crippen molar-refractivity contribution in [3.63, 3.8) is 0 Å². The molecule has 5 N–H and O–H groups in total. The van der Waals surface area contributed by atoms with Crippen molar-refractivity contribution in [3.8, 4) is 21.6 Å². The number of aliphatic carboxylic acids is 1. The summed E-state index contributed by atoms with van der Waals surface area (Å²) >= 11 is 1.47. The number of ketones is 1. The summed E-state index contributed by atoms with van der Waals surface area (Å²) < 4.78 is 81.0. The Morgan fingerprint density at radius 1 is 0.857 bits per heavy atom. The number of thiazole rings is 1. The molecule has 0 bridgehead atoms. The van der Waals surface area contributed by atoms with Crippen LogP contribution in [0.25, 0.3) is 32.6 Å². The second-order valence-electron chi connectivity index (χ2n) is 24.6. The fraction of sp³-hybridized carbons (Fsp3) is 0.460. The van der Waals surface area contributed by atoms with Crippen molar-refractivity contribution in [2.45, 2.75) is 83.8 Å². The SMILES string of the molecule is Cc1ncsc1-c1ccc([C@H](COC(=O)COCC(=O)O)NC(=O)[C@@H]2C[C@@H](O)CN2C(=O)[C@@H](NC(=O)CN2CCC(CN3CCN(c4ccc(-c5cnc6[nH]cc(C(=O)c7c(F)ccc(N(N8CC[C@@H](F)C8)[SH](=O)=O)c7F)c6c5)cc4)CC3)CC2)C(C)(C)C)cc1. The number of nitrogens with one attached hydrogen (secondary N) is 3. The van der Waals surface area contributed by atoms with Crippen LogP contribution in [0.5, 0.6) is 0 Å². The number of carboxylic acid groups (broad SMARTS) is 1. The number of aromatic nitrogens is 3. The number of hydrazine groups is 1. The van der Waals surface area contributed by atoms with Gasteiger partial charge in [0.1, 0.15) is 55.2 Å². The zero-order valence-corrected chi connectivity index (χ0v) is 52.5. The van der Waals surface area contributed by atoms with Crippen molar-refractivity contribution in [1.29, 1.82) is 0 Å². The molecule has 0 spiro atoms. The van der Waals surface area contributed by atoms with Gasteiger partial charge in [0.15, 0.2) is 5.82 Å². The van der Waals surface area contributed by atoms with Crippen LogP contribution in [-0.2, 0) is 44.3 Å². The first-order valence-electron chi connectivity index (χ1n) is 30.2. The standard InChI is InChI=1S/C63H74F3N11O12S2/c1-37-58(90-36-69-37)41-7-5-40(6-8-41)49(33-89-54(82)35-88-34-53(80)81)70-61(84)51-26-45(78)31-76(51)62(85)59(63(2,3)4)71-52(79)32-72-18-15-38(16-19-72)29-73-21-23-74(24-22-73)44-11-9-39(10-12-44)42-25-46-47(28-68-60(46)67-27-42)57(83)55-48(65)13-14-50(56(55)66)77(91(86)87)75-20-17-43(64)30-75/h5-14,25,27-28,36,38,43,45,49,51,59,78,91H,15-24,26,29-35H2,1-4H3,(H,67,68)(H,70,84)(H,71,79)(H,80,81)/t43-,45-,49+,51+,59-/m1/s1. The number of likely N-dealkylation sites (tertiary alicyclic amines) is 2. The molecule has 3 amide bonds. The number of nitrogens with zero attached hydrogens (tertiary/aromatic N) is 8. The van der Waals surface area contributed by atoms with Gasteiger partial charge in [-0.05, 0) is 97.6 Å². The first-order chi connectivity index (χ1) is 43.5. The van der Waals surface area contributed by atoms with Crippen LogP contribution >= 0.6 is 11.3 Å². The number of pyridine rings is 1. The average molecular weight is 1300 g/mol. The number of piperazine rings is 1. The Balaban J connectivity index is 0.698. The summed E-state index contributed by atoms with van der Waals surface area (Å²) in [6, 6.07) is 15.4. The van der Waals surface area contributed by atoms with E-state index in [0.29, 0.717) is 45.6 Å². The summed E-state index contributed by atoms with van der Waals surface area (Å²) in [6.45, 7) is 10.8. The lowest BCUT2D eigenvalue weighted by atomic mass is 9.85. The fourth-order valence-electron chi connectivity index (χ4n) is 12.3. The molecule has 10 rings (SSSR count). The number of rotatable bonds is 23. The fourth-order valence-corrected chi connectivity index (χ4v) is 13.8. The maximum Gasteiger partial charge on any atom is 0.332 e. The molecule has 486 valence electrons. The zero-order valence-electron chi connectivity index (χ0n) is 50.8. The van der Waals surface area contributed by atoms with E-state index in [2.05, 4.69) is 40.3 Å². The highest BCUT2D eigenvalue weighted by Crippen LogP contribution is 2.35. The van der Waals surface area contributed by atoms with Crippen LogP contribution in [0.3, 0.4) is 0 Å². The normalized spacial score (nSPS) is 19.4. The number of benzene rings is 3. The van der Waals surface area contributed by atoms with Crippen molar-refractivity contribution in [2.75, 3.05) is 101 Å². The zero-order chi connectivity index (χ0) is 64.8. The van der Waals surface area contributed by atoms with Crippen molar-refractivity contribution in [2.24, 2.45) is 11.3 Å². The van der Waals surface area contributed by atoms with Gasteiger partial charge in [-0.15, -0.1) is 11.3 Å². The number of anilines is 2. The van der Waals surface area contributed by atoms with Gasteiger partial charge < -0.3 is 45.1 Å². The van der Waals surface area contributed by atoms with E-state index >= 15 is 8.78 Å². The number of β-amino-alcohol motifs (C(OH)–C–C–N with tert-alkyl or cyclic N) is 1. The van der Waals surface area contributed by atoms with Gasteiger partial charge in [0, 0.05) is 86.8 Å². The number of carbonyl (C=O) groups is 6. The number of carbonyl (C=O) groups excluding carboxylic acids is 5. The van der Waals surface area contributed by atoms with E-state index in [9.17, 15) is 46.7 Å². The van der Waals surface area contributed by atoms with Gasteiger partial charge in [0.2, 0.25) is 34.4 Å². The summed E-state index contributed by atoms with van der Waals surface area (Å²) in [5, 5.41) is 27.1. The number of thiol groups is 1.